The smallest absolute Gasteiger partial charge is 0.137 e. The molecule has 3 aromatic rings. The van der Waals surface area contributed by atoms with Gasteiger partial charge in [-0.2, -0.15) is 5.26 Å². The zero-order chi connectivity index (χ0) is 34.3. The van der Waals surface area contributed by atoms with Crippen LogP contribution in [0.3, 0.4) is 0 Å². The largest absolute Gasteiger partial charge is 0.507 e. The fraction of sp³-hybridized carbons (Fsp3) is 0.512. The monoisotopic (exact) mass is 608 g/mol. The molecule has 0 amide bonds. The van der Waals surface area contributed by atoms with Crippen molar-refractivity contribution in [2.75, 3.05) is 0 Å². The normalized spacial score (nSPS) is 14.2. The van der Waals surface area contributed by atoms with Crippen LogP contribution < -0.4 is 0 Å². The van der Waals surface area contributed by atoms with Gasteiger partial charge in [0.25, 0.3) is 0 Å². The Hall–Kier alpha value is -3.42. The number of aliphatic imine (C=N–C) groups is 1. The van der Waals surface area contributed by atoms with Crippen LogP contribution in [0.2, 0.25) is 0 Å². The maximum atomic E-state index is 13.6. The summed E-state index contributed by atoms with van der Waals surface area (Å²) in [6, 6.07) is 19.4. The van der Waals surface area contributed by atoms with Crippen LogP contribution in [0.4, 0.5) is 0 Å². The Balaban J connectivity index is 2.54. The molecule has 0 spiro atoms. The lowest BCUT2D eigenvalue weighted by Crippen LogP contribution is -2.44. The summed E-state index contributed by atoms with van der Waals surface area (Å²) in [6.45, 7) is 30.6. The third kappa shape index (κ3) is 8.06. The van der Waals surface area contributed by atoms with E-state index in [0.717, 1.165) is 33.4 Å². The number of nitriles is 1. The minimum absolute atomic E-state index is 0.0401. The van der Waals surface area contributed by atoms with E-state index >= 15 is 0 Å². The molecule has 0 aromatic heterocycles. The Kier molecular flexibility index (Phi) is 9.94. The summed E-state index contributed by atoms with van der Waals surface area (Å²) in [6.07, 6.45) is 1.61. The summed E-state index contributed by atoms with van der Waals surface area (Å²) in [4.78, 5) is 5.08. The van der Waals surface area contributed by atoms with E-state index in [9.17, 15) is 15.5 Å². The molecule has 4 heteroatoms. The van der Waals surface area contributed by atoms with E-state index in [1.165, 1.54) is 6.07 Å². The van der Waals surface area contributed by atoms with Gasteiger partial charge in [-0.15, -0.1) is 0 Å². The van der Waals surface area contributed by atoms with Gasteiger partial charge in [-0.1, -0.05) is 133 Å². The molecule has 0 fully saturated rings. The molecular formula is C41H56N2O2. The molecule has 0 radical (unpaired) electrons. The first-order chi connectivity index (χ1) is 20.4. The van der Waals surface area contributed by atoms with Crippen LogP contribution in [0, 0.1) is 17.2 Å². The first kappa shape index (κ1) is 36.1. The molecule has 45 heavy (non-hydrogen) atoms. The van der Waals surface area contributed by atoms with Crippen LogP contribution in [0.25, 0.3) is 0 Å². The molecule has 0 aliphatic rings. The number of rotatable bonds is 6. The fourth-order valence-electron chi connectivity index (χ4n) is 5.59. The summed E-state index contributed by atoms with van der Waals surface area (Å²) < 4.78 is 0. The van der Waals surface area contributed by atoms with Crippen LogP contribution >= 0.6 is 0 Å². The molecule has 1 unspecified atom stereocenters. The number of benzene rings is 3. The first-order valence-corrected chi connectivity index (χ1v) is 16.2. The molecule has 0 saturated carbocycles. The van der Waals surface area contributed by atoms with E-state index in [1.54, 1.807) is 18.3 Å². The lowest BCUT2D eigenvalue weighted by atomic mass is 9.70. The van der Waals surface area contributed by atoms with Gasteiger partial charge in [-0.25, -0.2) is 0 Å². The Morgan fingerprint density at radius 3 is 1.29 bits per heavy atom. The number of aromatic hydroxyl groups is 1. The number of phenolic OH excluding ortho intramolecular Hbond substituents is 1. The van der Waals surface area contributed by atoms with E-state index in [1.807, 2.05) is 0 Å². The van der Waals surface area contributed by atoms with E-state index in [0.29, 0.717) is 11.1 Å². The van der Waals surface area contributed by atoms with Crippen molar-refractivity contribution in [3.63, 3.8) is 0 Å². The minimum Gasteiger partial charge on any atom is -0.507 e. The third-order valence-corrected chi connectivity index (χ3v) is 8.80. The molecule has 1 atom stereocenters. The highest BCUT2D eigenvalue weighted by Gasteiger charge is 2.44. The average Bonchev–Trinajstić information content (AvgIpc) is 2.91. The SMILES string of the molecule is CC(C)C(N=Cc1cc(C#N)ccc1O)C(O)(c1cc(C(C)(C)C)cc(C(C)(C)C)c1)c1cc(C(C)(C)C)cc(C(C)(C)C)c1. The summed E-state index contributed by atoms with van der Waals surface area (Å²) >= 11 is 0. The molecule has 4 nitrogen and oxygen atoms in total. The van der Waals surface area contributed by atoms with Crippen molar-refractivity contribution >= 4 is 6.21 Å². The number of hydrogen-bond acceptors (Lipinski definition) is 4. The molecule has 2 N–H and O–H groups in total. The topological polar surface area (TPSA) is 76.6 Å². The molecule has 0 saturated heterocycles. The standard InChI is InChI=1S/C41H56N2O2/c1-26(2)36(43-25-28-17-27(24-42)15-16-35(28)44)41(45,33-20-29(37(3,4)5)18-30(21-33)38(6,7)8)34-22-31(39(9,10)11)19-32(23-34)40(12,13)14/h15-23,25-26,36,44-45H,1-14H3. The number of phenols is 1. The van der Waals surface area contributed by atoms with Crippen LogP contribution in [0.15, 0.2) is 59.6 Å². The van der Waals surface area contributed by atoms with Crippen LogP contribution in [0.1, 0.15) is 141 Å². The Labute approximate surface area is 273 Å². The van der Waals surface area contributed by atoms with Crippen molar-refractivity contribution in [3.8, 4) is 11.8 Å². The highest BCUT2D eigenvalue weighted by atomic mass is 16.3. The maximum absolute atomic E-state index is 13.6. The lowest BCUT2D eigenvalue weighted by molar-refractivity contribution is 0.0361. The Morgan fingerprint density at radius 1 is 0.622 bits per heavy atom. The van der Waals surface area contributed by atoms with Crippen molar-refractivity contribution in [3.05, 3.63) is 99.1 Å². The second-order valence-electron chi connectivity index (χ2n) is 17.2. The molecule has 0 aliphatic heterocycles. The predicted molar refractivity (Wildman–Crippen MR) is 190 cm³/mol. The van der Waals surface area contributed by atoms with Crippen LogP contribution in [-0.4, -0.2) is 22.5 Å². The van der Waals surface area contributed by atoms with Gasteiger partial charge >= 0.3 is 0 Å². The summed E-state index contributed by atoms with van der Waals surface area (Å²) in [5, 5.41) is 33.7. The van der Waals surface area contributed by atoms with Crippen molar-refractivity contribution in [2.45, 2.75) is 130 Å². The number of aliphatic hydroxyl groups is 1. The van der Waals surface area contributed by atoms with E-state index in [2.05, 4.69) is 139 Å². The van der Waals surface area contributed by atoms with Crippen molar-refractivity contribution in [2.24, 2.45) is 10.9 Å². The Morgan fingerprint density at radius 2 is 0.978 bits per heavy atom. The quantitative estimate of drug-likeness (QED) is 0.274. The second-order valence-corrected chi connectivity index (χ2v) is 17.2. The van der Waals surface area contributed by atoms with Gasteiger partial charge in [-0.05, 0) is 79.2 Å². The van der Waals surface area contributed by atoms with Gasteiger partial charge in [0, 0.05) is 11.8 Å². The summed E-state index contributed by atoms with van der Waals surface area (Å²) in [7, 11) is 0. The van der Waals surface area contributed by atoms with Crippen molar-refractivity contribution in [1.29, 1.82) is 5.26 Å². The van der Waals surface area contributed by atoms with E-state index in [4.69, 9.17) is 4.99 Å². The van der Waals surface area contributed by atoms with Gasteiger partial charge in [-0.3, -0.25) is 4.99 Å². The van der Waals surface area contributed by atoms with Gasteiger partial charge in [0.1, 0.15) is 11.4 Å². The molecule has 0 aliphatic carbocycles. The lowest BCUT2D eigenvalue weighted by Gasteiger charge is -2.40. The molecule has 0 bridgehead atoms. The van der Waals surface area contributed by atoms with Crippen LogP contribution in [-0.2, 0) is 27.3 Å². The van der Waals surface area contributed by atoms with Gasteiger partial charge in [0.2, 0.25) is 0 Å². The zero-order valence-corrected chi connectivity index (χ0v) is 30.2. The molecule has 3 rings (SSSR count). The van der Waals surface area contributed by atoms with Crippen molar-refractivity contribution in [1.82, 2.24) is 0 Å². The number of hydrogen-bond donors (Lipinski definition) is 2. The predicted octanol–water partition coefficient (Wildman–Crippen LogP) is 9.83. The molecule has 242 valence electrons. The molecule has 0 heterocycles. The Bertz CT molecular complexity index is 1450. The molecule has 3 aromatic carbocycles. The highest BCUT2D eigenvalue weighted by molar-refractivity contribution is 5.84. The van der Waals surface area contributed by atoms with E-state index in [-0.39, 0.29) is 33.3 Å². The van der Waals surface area contributed by atoms with Crippen molar-refractivity contribution < 1.29 is 10.2 Å². The summed E-state index contributed by atoms with van der Waals surface area (Å²) in [5.74, 6) is -0.0430. The van der Waals surface area contributed by atoms with Crippen LogP contribution in [0.5, 0.6) is 5.75 Å². The zero-order valence-electron chi connectivity index (χ0n) is 30.2. The second kappa shape index (κ2) is 12.4. The van der Waals surface area contributed by atoms with E-state index < -0.39 is 11.6 Å². The van der Waals surface area contributed by atoms with Gasteiger partial charge < -0.3 is 10.2 Å². The average molecular weight is 609 g/mol. The van der Waals surface area contributed by atoms with Gasteiger partial charge in [0.15, 0.2) is 0 Å². The fourth-order valence-corrected chi connectivity index (χ4v) is 5.59. The molecular weight excluding hydrogens is 552 g/mol. The first-order valence-electron chi connectivity index (χ1n) is 16.2. The maximum Gasteiger partial charge on any atom is 0.137 e. The van der Waals surface area contributed by atoms with Gasteiger partial charge in [0.05, 0.1) is 17.7 Å². The number of nitrogens with zero attached hydrogens (tertiary/aromatic N) is 2. The minimum atomic E-state index is -1.52. The summed E-state index contributed by atoms with van der Waals surface area (Å²) in [5.41, 5.74) is 4.96. The third-order valence-electron chi connectivity index (χ3n) is 8.80. The highest BCUT2D eigenvalue weighted by Crippen LogP contribution is 2.44.